The van der Waals surface area contributed by atoms with Gasteiger partial charge in [0.2, 0.25) is 10.0 Å². The fourth-order valence-corrected chi connectivity index (χ4v) is 6.91. The lowest BCUT2D eigenvalue weighted by molar-refractivity contribution is 0.0693. The molecule has 0 unspecified atom stereocenters. The van der Waals surface area contributed by atoms with Crippen molar-refractivity contribution >= 4 is 27.8 Å². The van der Waals surface area contributed by atoms with Gasteiger partial charge in [-0.05, 0) is 42.7 Å². The van der Waals surface area contributed by atoms with Gasteiger partial charge in [-0.2, -0.15) is 4.31 Å². The summed E-state index contributed by atoms with van der Waals surface area (Å²) in [6.07, 6.45) is 10.8. The van der Waals surface area contributed by atoms with Gasteiger partial charge in [0.05, 0.1) is 10.5 Å². The molecule has 1 saturated heterocycles. The summed E-state index contributed by atoms with van der Waals surface area (Å²) in [5, 5.41) is 9.61. The Morgan fingerprint density at radius 3 is 2.00 bits per heavy atom. The molecule has 8 heteroatoms. The van der Waals surface area contributed by atoms with E-state index in [-0.39, 0.29) is 22.0 Å². The van der Waals surface area contributed by atoms with Crippen LogP contribution in [0.3, 0.4) is 0 Å². The molecule has 3 rings (SSSR count). The van der Waals surface area contributed by atoms with Crippen LogP contribution in [0.25, 0.3) is 0 Å². The summed E-state index contributed by atoms with van der Waals surface area (Å²) in [6, 6.07) is 10.5. The Morgan fingerprint density at radius 2 is 1.44 bits per heavy atom. The summed E-state index contributed by atoms with van der Waals surface area (Å²) in [7, 11) is -3.76. The maximum absolute atomic E-state index is 14.0. The second-order valence-electron chi connectivity index (χ2n) is 8.78. The van der Waals surface area contributed by atoms with Crippen LogP contribution in [0.5, 0.6) is 0 Å². The molecule has 1 aliphatic rings. The van der Waals surface area contributed by atoms with Crippen LogP contribution < -0.4 is 0 Å². The number of carboxylic acids is 1. The first-order chi connectivity index (χ1) is 16.4. The molecule has 2 aromatic rings. The average Bonchev–Trinajstić information content (AvgIpc) is 2.85. The van der Waals surface area contributed by atoms with Crippen molar-refractivity contribution in [1.82, 2.24) is 4.31 Å². The summed E-state index contributed by atoms with van der Waals surface area (Å²) in [5.41, 5.74) is 0.460. The number of hydrogen-bond donors (Lipinski definition) is 1. The number of sulfonamides is 1. The summed E-state index contributed by atoms with van der Waals surface area (Å²) >= 11 is 1.14. The predicted molar refractivity (Wildman–Crippen MR) is 134 cm³/mol. The molecule has 186 valence electrons. The highest BCUT2D eigenvalue weighted by atomic mass is 32.2. The zero-order valence-corrected chi connectivity index (χ0v) is 21.2. The fourth-order valence-electron chi connectivity index (χ4n) is 4.22. The van der Waals surface area contributed by atoms with Crippen LogP contribution in [0.2, 0.25) is 0 Å². The molecule has 0 spiro atoms. The van der Waals surface area contributed by atoms with E-state index in [0.29, 0.717) is 23.5 Å². The lowest BCUT2D eigenvalue weighted by Crippen LogP contribution is -2.33. The van der Waals surface area contributed by atoms with E-state index in [1.165, 1.54) is 49.9 Å². The Hall–Kier alpha value is -1.90. The van der Waals surface area contributed by atoms with Gasteiger partial charge >= 0.3 is 5.97 Å². The van der Waals surface area contributed by atoms with E-state index >= 15 is 0 Å². The molecule has 1 N–H and O–H groups in total. The molecule has 0 saturated carbocycles. The number of thioether (sulfide) groups is 1. The van der Waals surface area contributed by atoms with Crippen LogP contribution in [0, 0.1) is 5.82 Å². The van der Waals surface area contributed by atoms with E-state index in [9.17, 15) is 22.7 Å². The first-order valence-corrected chi connectivity index (χ1v) is 14.6. The number of nitrogens with zero attached hydrogens (tertiary/aromatic N) is 1. The van der Waals surface area contributed by atoms with Gasteiger partial charge in [0.15, 0.2) is 0 Å². The van der Waals surface area contributed by atoms with Crippen LogP contribution in [0.1, 0.15) is 80.1 Å². The largest absolute Gasteiger partial charge is 0.478 e. The Kier molecular flexibility index (Phi) is 10.4. The molecule has 0 aliphatic carbocycles. The molecular formula is C26H34FNO4S2. The third-order valence-corrected chi connectivity index (χ3v) is 9.23. The first-order valence-electron chi connectivity index (χ1n) is 12.1. The smallest absolute Gasteiger partial charge is 0.336 e. The molecule has 5 nitrogen and oxygen atoms in total. The molecule has 1 fully saturated rings. The monoisotopic (exact) mass is 507 g/mol. The van der Waals surface area contributed by atoms with Crippen LogP contribution in [-0.2, 0) is 15.8 Å². The topological polar surface area (TPSA) is 74.7 Å². The van der Waals surface area contributed by atoms with Crippen LogP contribution in [0.15, 0.2) is 52.3 Å². The van der Waals surface area contributed by atoms with Gasteiger partial charge in [-0.3, -0.25) is 0 Å². The average molecular weight is 508 g/mol. The number of carbonyl (C=O) groups is 1. The standard InChI is InChI=1S/C26H34FNO4S2/c27-24-14-10-9-13-21(24)20-33-25-19-22(15-16-23(25)26(29)30)34(31,32)28-17-11-7-5-3-1-2-4-6-8-12-18-28/h9-10,13-16,19H,1-8,11-12,17-18,20H2,(H,29,30). The van der Waals surface area contributed by atoms with Crippen LogP contribution >= 0.6 is 11.8 Å². The summed E-state index contributed by atoms with van der Waals surface area (Å²) < 4.78 is 42.7. The van der Waals surface area contributed by atoms with Crippen molar-refractivity contribution in [2.24, 2.45) is 0 Å². The second-order valence-corrected chi connectivity index (χ2v) is 11.7. The van der Waals surface area contributed by atoms with Crippen LogP contribution in [-0.4, -0.2) is 36.9 Å². The molecule has 1 aliphatic heterocycles. The Morgan fingerprint density at radius 1 is 0.882 bits per heavy atom. The van der Waals surface area contributed by atoms with Gasteiger partial charge < -0.3 is 5.11 Å². The summed E-state index contributed by atoms with van der Waals surface area (Å²) in [6.45, 7) is 0.946. The SMILES string of the molecule is O=C(O)c1ccc(S(=O)(=O)N2CCCCCCCCCCCC2)cc1SCc1ccccc1F. The first kappa shape index (κ1) is 26.7. The molecule has 34 heavy (non-hydrogen) atoms. The highest BCUT2D eigenvalue weighted by molar-refractivity contribution is 7.98. The molecule has 0 radical (unpaired) electrons. The Bertz CT molecular complexity index is 1040. The predicted octanol–water partition coefficient (Wildman–Crippen LogP) is 6.72. The van der Waals surface area contributed by atoms with Crippen molar-refractivity contribution in [2.45, 2.75) is 79.8 Å². The van der Waals surface area contributed by atoms with E-state index in [1.54, 1.807) is 22.5 Å². The third kappa shape index (κ3) is 7.55. The molecule has 2 aromatic carbocycles. The van der Waals surface area contributed by atoms with Crippen molar-refractivity contribution in [3.05, 3.63) is 59.4 Å². The highest BCUT2D eigenvalue weighted by Crippen LogP contribution is 2.31. The van der Waals surface area contributed by atoms with Gasteiger partial charge in [0, 0.05) is 23.7 Å². The van der Waals surface area contributed by atoms with E-state index in [1.807, 2.05) is 0 Å². The summed E-state index contributed by atoms with van der Waals surface area (Å²) in [4.78, 5) is 12.2. The summed E-state index contributed by atoms with van der Waals surface area (Å²) in [5.74, 6) is -1.30. The number of benzene rings is 2. The zero-order chi connectivity index (χ0) is 24.4. The van der Waals surface area contributed by atoms with Crippen molar-refractivity contribution in [2.75, 3.05) is 13.1 Å². The van der Waals surface area contributed by atoms with Crippen LogP contribution in [0.4, 0.5) is 4.39 Å². The molecular weight excluding hydrogens is 473 g/mol. The van der Waals surface area contributed by atoms with Crippen molar-refractivity contribution in [3.8, 4) is 0 Å². The van der Waals surface area contributed by atoms with Crippen molar-refractivity contribution < 1.29 is 22.7 Å². The van der Waals surface area contributed by atoms with Gasteiger partial charge in [-0.15, -0.1) is 11.8 Å². The molecule has 0 amide bonds. The van der Waals surface area contributed by atoms with Crippen molar-refractivity contribution in [1.29, 1.82) is 0 Å². The number of halogens is 1. The number of rotatable bonds is 6. The Labute approximate surface area is 206 Å². The Balaban J connectivity index is 1.82. The highest BCUT2D eigenvalue weighted by Gasteiger charge is 2.26. The van der Waals surface area contributed by atoms with Gasteiger partial charge in [0.1, 0.15) is 5.82 Å². The van der Waals surface area contributed by atoms with Gasteiger partial charge in [-0.25, -0.2) is 17.6 Å². The molecule has 0 aromatic heterocycles. The maximum atomic E-state index is 14.0. The van der Waals surface area contributed by atoms with E-state index < -0.39 is 16.0 Å². The number of aromatic carboxylic acids is 1. The van der Waals surface area contributed by atoms with E-state index in [2.05, 4.69) is 0 Å². The normalized spacial score (nSPS) is 17.3. The zero-order valence-electron chi connectivity index (χ0n) is 19.5. The molecule has 0 atom stereocenters. The lowest BCUT2D eigenvalue weighted by atomic mass is 10.1. The quantitative estimate of drug-likeness (QED) is 0.439. The number of hydrogen-bond acceptors (Lipinski definition) is 4. The molecule has 1 heterocycles. The minimum atomic E-state index is -3.76. The van der Waals surface area contributed by atoms with Crippen molar-refractivity contribution in [3.63, 3.8) is 0 Å². The molecule has 0 bridgehead atoms. The maximum Gasteiger partial charge on any atom is 0.336 e. The van der Waals surface area contributed by atoms with Gasteiger partial charge in [0.25, 0.3) is 0 Å². The van der Waals surface area contributed by atoms with E-state index in [0.717, 1.165) is 50.3 Å². The minimum Gasteiger partial charge on any atom is -0.478 e. The van der Waals surface area contributed by atoms with Gasteiger partial charge in [-0.1, -0.05) is 69.6 Å². The second kappa shape index (κ2) is 13.3. The number of carboxylic acid groups (broad SMARTS) is 1. The van der Waals surface area contributed by atoms with E-state index in [4.69, 9.17) is 0 Å². The minimum absolute atomic E-state index is 0.0187. The third-order valence-electron chi connectivity index (χ3n) is 6.23. The lowest BCUT2D eigenvalue weighted by Gasteiger charge is -2.23. The fraction of sp³-hybridized carbons (Fsp3) is 0.500.